The molecule has 0 fully saturated rings. The van der Waals surface area contributed by atoms with Crippen molar-refractivity contribution in [2.75, 3.05) is 6.61 Å². The zero-order valence-electron chi connectivity index (χ0n) is 12.8. The molecule has 0 saturated heterocycles. The molecule has 21 heavy (non-hydrogen) atoms. The predicted octanol–water partition coefficient (Wildman–Crippen LogP) is 4.09. The Bertz CT molecular complexity index is 659. The molecule has 3 nitrogen and oxygen atoms in total. The minimum absolute atomic E-state index is 0.100. The van der Waals surface area contributed by atoms with Crippen molar-refractivity contribution < 1.29 is 13.9 Å². The van der Waals surface area contributed by atoms with E-state index in [9.17, 15) is 9.18 Å². The van der Waals surface area contributed by atoms with Gasteiger partial charge >= 0.3 is 0 Å². The highest BCUT2D eigenvalue weighted by atomic mass is 19.1. The first kappa shape index (κ1) is 15.3. The standard InChI is InChI=1S/C17H20FNO2/c1-11(2)19-12(3)9-14(13(19)4)16(20)10-21-17-8-6-5-7-15(17)18/h5-9,11H,10H2,1-4H3. The Morgan fingerprint density at radius 2 is 1.95 bits per heavy atom. The molecule has 0 atom stereocenters. The average molecular weight is 289 g/mol. The Kier molecular flexibility index (Phi) is 4.46. The van der Waals surface area contributed by atoms with E-state index < -0.39 is 5.82 Å². The number of aryl methyl sites for hydroxylation is 1. The molecule has 2 rings (SSSR count). The molecule has 0 amide bonds. The lowest BCUT2D eigenvalue weighted by atomic mass is 10.1. The van der Waals surface area contributed by atoms with Crippen LogP contribution in [0.3, 0.4) is 0 Å². The number of carbonyl (C=O) groups excluding carboxylic acids is 1. The van der Waals surface area contributed by atoms with E-state index in [1.54, 1.807) is 12.1 Å². The first-order valence-electron chi connectivity index (χ1n) is 7.00. The van der Waals surface area contributed by atoms with Gasteiger partial charge in [0, 0.05) is 23.0 Å². The molecule has 0 spiro atoms. The van der Waals surface area contributed by atoms with Crippen LogP contribution < -0.4 is 4.74 Å². The fourth-order valence-corrected chi connectivity index (χ4v) is 2.64. The second kappa shape index (κ2) is 6.12. The molecular formula is C17H20FNO2. The summed E-state index contributed by atoms with van der Waals surface area (Å²) < 4.78 is 20.8. The normalized spacial score (nSPS) is 11.0. The van der Waals surface area contributed by atoms with Crippen molar-refractivity contribution in [3.63, 3.8) is 0 Å². The molecule has 1 aromatic carbocycles. The zero-order valence-corrected chi connectivity index (χ0v) is 12.8. The highest BCUT2D eigenvalue weighted by Gasteiger charge is 2.17. The Balaban J connectivity index is 2.15. The van der Waals surface area contributed by atoms with E-state index in [0.717, 1.165) is 11.4 Å². The number of hydrogen-bond donors (Lipinski definition) is 0. The molecular weight excluding hydrogens is 269 g/mol. The van der Waals surface area contributed by atoms with E-state index >= 15 is 0 Å². The van der Waals surface area contributed by atoms with E-state index in [2.05, 4.69) is 18.4 Å². The average Bonchev–Trinajstić information content (AvgIpc) is 2.73. The van der Waals surface area contributed by atoms with Crippen LogP contribution in [0.1, 0.15) is 41.6 Å². The van der Waals surface area contributed by atoms with Crippen LogP contribution in [0.2, 0.25) is 0 Å². The molecule has 112 valence electrons. The summed E-state index contributed by atoms with van der Waals surface area (Å²) in [6.45, 7) is 7.88. The van der Waals surface area contributed by atoms with E-state index in [-0.39, 0.29) is 18.1 Å². The maximum absolute atomic E-state index is 13.5. The Morgan fingerprint density at radius 1 is 1.29 bits per heavy atom. The van der Waals surface area contributed by atoms with E-state index in [1.807, 2.05) is 19.9 Å². The molecule has 0 aliphatic carbocycles. The Hall–Kier alpha value is -2.10. The molecule has 0 bridgehead atoms. The maximum atomic E-state index is 13.5. The van der Waals surface area contributed by atoms with E-state index in [4.69, 9.17) is 4.74 Å². The smallest absolute Gasteiger partial charge is 0.202 e. The first-order chi connectivity index (χ1) is 9.91. The van der Waals surface area contributed by atoms with Gasteiger partial charge in [-0.1, -0.05) is 12.1 Å². The minimum atomic E-state index is -0.460. The highest BCUT2D eigenvalue weighted by molar-refractivity contribution is 5.98. The van der Waals surface area contributed by atoms with Gasteiger partial charge in [0.05, 0.1) is 0 Å². The van der Waals surface area contributed by atoms with Gasteiger partial charge in [0.25, 0.3) is 0 Å². The van der Waals surface area contributed by atoms with Crippen molar-refractivity contribution in [1.29, 1.82) is 0 Å². The summed E-state index contributed by atoms with van der Waals surface area (Å²) in [5, 5.41) is 0. The highest BCUT2D eigenvalue weighted by Crippen LogP contribution is 2.21. The van der Waals surface area contributed by atoms with E-state index in [1.165, 1.54) is 12.1 Å². The summed E-state index contributed by atoms with van der Waals surface area (Å²) in [6, 6.07) is 8.24. The number of benzene rings is 1. The second-order valence-electron chi connectivity index (χ2n) is 5.39. The van der Waals surface area contributed by atoms with Gasteiger partial charge in [0.15, 0.2) is 18.2 Å². The van der Waals surface area contributed by atoms with Crippen LogP contribution in [-0.2, 0) is 0 Å². The summed E-state index contributed by atoms with van der Waals surface area (Å²) in [5.41, 5.74) is 2.60. The summed E-state index contributed by atoms with van der Waals surface area (Å²) >= 11 is 0. The van der Waals surface area contributed by atoms with Gasteiger partial charge in [-0.25, -0.2) is 4.39 Å². The number of Topliss-reactive ketones (excluding diaryl/α,β-unsaturated/α-hetero) is 1. The van der Waals surface area contributed by atoms with Crippen LogP contribution in [0.25, 0.3) is 0 Å². The lowest BCUT2D eigenvalue weighted by Gasteiger charge is -2.13. The first-order valence-corrected chi connectivity index (χ1v) is 7.00. The molecule has 0 N–H and O–H groups in total. The van der Waals surface area contributed by atoms with Crippen molar-refractivity contribution in [3.05, 3.63) is 53.1 Å². The van der Waals surface area contributed by atoms with Crippen LogP contribution in [0.5, 0.6) is 5.75 Å². The zero-order chi connectivity index (χ0) is 15.6. The molecule has 0 unspecified atom stereocenters. The molecule has 0 saturated carbocycles. The van der Waals surface area contributed by atoms with Gasteiger partial charge in [0.2, 0.25) is 5.78 Å². The summed E-state index contributed by atoms with van der Waals surface area (Å²) in [4.78, 5) is 12.3. The molecule has 4 heteroatoms. The topological polar surface area (TPSA) is 31.2 Å². The fourth-order valence-electron chi connectivity index (χ4n) is 2.64. The number of ether oxygens (including phenoxy) is 1. The van der Waals surface area contributed by atoms with Gasteiger partial charge < -0.3 is 9.30 Å². The van der Waals surface area contributed by atoms with Gasteiger partial charge in [-0.05, 0) is 45.9 Å². The molecule has 1 heterocycles. The third kappa shape index (κ3) is 3.15. The maximum Gasteiger partial charge on any atom is 0.202 e. The summed E-state index contributed by atoms with van der Waals surface area (Å²) in [7, 11) is 0. The second-order valence-corrected chi connectivity index (χ2v) is 5.39. The fraction of sp³-hybridized carbons (Fsp3) is 0.353. The van der Waals surface area contributed by atoms with Crippen LogP contribution >= 0.6 is 0 Å². The van der Waals surface area contributed by atoms with Crippen LogP contribution in [0.4, 0.5) is 4.39 Å². The quantitative estimate of drug-likeness (QED) is 0.776. The van der Waals surface area contributed by atoms with Crippen molar-refractivity contribution in [2.45, 2.75) is 33.7 Å². The predicted molar refractivity (Wildman–Crippen MR) is 80.5 cm³/mol. The SMILES string of the molecule is Cc1cc(C(=O)COc2ccccc2F)c(C)n1C(C)C. The molecule has 0 radical (unpaired) electrons. The lowest BCUT2D eigenvalue weighted by Crippen LogP contribution is -2.14. The van der Waals surface area contributed by atoms with Crippen molar-refractivity contribution >= 4 is 5.78 Å². The van der Waals surface area contributed by atoms with E-state index in [0.29, 0.717) is 11.6 Å². The summed E-state index contributed by atoms with van der Waals surface area (Å²) in [5.74, 6) is -0.500. The number of para-hydroxylation sites is 1. The monoisotopic (exact) mass is 289 g/mol. The molecule has 1 aromatic heterocycles. The number of halogens is 1. The number of hydrogen-bond acceptors (Lipinski definition) is 2. The Labute approximate surface area is 124 Å². The number of ketones is 1. The number of carbonyl (C=O) groups is 1. The van der Waals surface area contributed by atoms with Gasteiger partial charge in [-0.3, -0.25) is 4.79 Å². The summed E-state index contributed by atoms with van der Waals surface area (Å²) in [6.07, 6.45) is 0. The van der Waals surface area contributed by atoms with Crippen molar-refractivity contribution in [2.24, 2.45) is 0 Å². The lowest BCUT2D eigenvalue weighted by molar-refractivity contribution is 0.0918. The number of nitrogens with zero attached hydrogens (tertiary/aromatic N) is 1. The number of aromatic nitrogens is 1. The van der Waals surface area contributed by atoms with Gasteiger partial charge in [-0.15, -0.1) is 0 Å². The molecule has 0 aliphatic rings. The largest absolute Gasteiger partial charge is 0.482 e. The Morgan fingerprint density at radius 3 is 2.52 bits per heavy atom. The molecule has 0 aliphatic heterocycles. The minimum Gasteiger partial charge on any atom is -0.482 e. The third-order valence-electron chi connectivity index (χ3n) is 3.50. The number of rotatable bonds is 5. The van der Waals surface area contributed by atoms with Crippen molar-refractivity contribution in [1.82, 2.24) is 4.57 Å². The molecule has 2 aromatic rings. The van der Waals surface area contributed by atoms with Crippen LogP contribution in [0.15, 0.2) is 30.3 Å². The van der Waals surface area contributed by atoms with Crippen LogP contribution in [0, 0.1) is 19.7 Å². The van der Waals surface area contributed by atoms with Gasteiger partial charge in [0.1, 0.15) is 0 Å². The van der Waals surface area contributed by atoms with Crippen LogP contribution in [-0.4, -0.2) is 17.0 Å². The van der Waals surface area contributed by atoms with Gasteiger partial charge in [-0.2, -0.15) is 0 Å². The van der Waals surface area contributed by atoms with Crippen molar-refractivity contribution in [3.8, 4) is 5.75 Å². The third-order valence-corrected chi connectivity index (χ3v) is 3.50.